The molecule has 0 aliphatic heterocycles. The molecule has 1 aromatic rings. The zero-order valence-corrected chi connectivity index (χ0v) is 12.4. The molecule has 0 bridgehead atoms. The Morgan fingerprint density at radius 1 is 1.20 bits per heavy atom. The van der Waals surface area contributed by atoms with Crippen molar-refractivity contribution in [1.82, 2.24) is 4.72 Å². The summed E-state index contributed by atoms with van der Waals surface area (Å²) in [6.07, 6.45) is 0. The van der Waals surface area contributed by atoms with Gasteiger partial charge in [-0.05, 0) is 19.2 Å². The van der Waals surface area contributed by atoms with Crippen LogP contribution in [0.15, 0.2) is 23.1 Å². The van der Waals surface area contributed by atoms with E-state index in [0.717, 1.165) is 0 Å². The fourth-order valence-corrected chi connectivity index (χ4v) is 2.12. The average molecular weight is 304 g/mol. The van der Waals surface area contributed by atoms with E-state index in [1.165, 1.54) is 25.2 Å². The number of rotatable bonds is 9. The largest absolute Gasteiger partial charge is 0.489 e. The lowest BCUT2D eigenvalue weighted by Gasteiger charge is -2.11. The summed E-state index contributed by atoms with van der Waals surface area (Å²) in [7, 11) is -0.579. The van der Waals surface area contributed by atoms with Crippen LogP contribution in [0.4, 0.5) is 5.69 Å². The predicted octanol–water partition coefficient (Wildman–Crippen LogP) is 0.219. The van der Waals surface area contributed by atoms with Crippen LogP contribution in [0, 0.1) is 0 Å². The van der Waals surface area contributed by atoms with Gasteiger partial charge in [0.2, 0.25) is 10.0 Å². The molecule has 7 nitrogen and oxygen atoms in total. The molecular weight excluding hydrogens is 284 g/mol. The first kappa shape index (κ1) is 16.7. The maximum atomic E-state index is 11.7. The molecule has 1 aromatic carbocycles. The number of hydrogen-bond acceptors (Lipinski definition) is 6. The van der Waals surface area contributed by atoms with Crippen LogP contribution in [-0.4, -0.2) is 49.0 Å². The summed E-state index contributed by atoms with van der Waals surface area (Å²) in [5.41, 5.74) is 6.11. The SMILES string of the molecule is CNS(=O)(=O)c1ccc(N)c(OCCOCCOC)c1. The molecule has 0 atom stereocenters. The summed E-state index contributed by atoms with van der Waals surface area (Å²) >= 11 is 0. The first-order valence-corrected chi connectivity index (χ1v) is 7.52. The first-order valence-electron chi connectivity index (χ1n) is 6.04. The summed E-state index contributed by atoms with van der Waals surface area (Å²) in [4.78, 5) is 0.101. The second kappa shape index (κ2) is 8.05. The van der Waals surface area contributed by atoms with Crippen LogP contribution in [0.1, 0.15) is 0 Å². The highest BCUT2D eigenvalue weighted by atomic mass is 32.2. The molecule has 20 heavy (non-hydrogen) atoms. The quantitative estimate of drug-likeness (QED) is 0.500. The van der Waals surface area contributed by atoms with Gasteiger partial charge in [0.15, 0.2) is 0 Å². The molecule has 0 radical (unpaired) electrons. The van der Waals surface area contributed by atoms with Crippen molar-refractivity contribution in [1.29, 1.82) is 0 Å². The molecule has 0 aromatic heterocycles. The van der Waals surface area contributed by atoms with Crippen molar-refractivity contribution >= 4 is 15.7 Å². The van der Waals surface area contributed by atoms with Crippen molar-refractivity contribution in [2.24, 2.45) is 0 Å². The third-order valence-corrected chi connectivity index (χ3v) is 3.89. The Kier molecular flexibility index (Phi) is 6.73. The molecule has 0 unspecified atom stereocenters. The molecule has 0 heterocycles. The van der Waals surface area contributed by atoms with Crippen LogP contribution in [0.2, 0.25) is 0 Å². The van der Waals surface area contributed by atoms with Gasteiger partial charge in [-0.2, -0.15) is 0 Å². The lowest BCUT2D eigenvalue weighted by atomic mass is 10.3. The highest BCUT2D eigenvalue weighted by Gasteiger charge is 2.13. The second-order valence-electron chi connectivity index (χ2n) is 3.86. The topological polar surface area (TPSA) is 99.9 Å². The number of benzene rings is 1. The summed E-state index contributed by atoms with van der Waals surface area (Å²) in [6.45, 7) is 1.63. The number of sulfonamides is 1. The van der Waals surface area contributed by atoms with Gasteiger partial charge in [-0.15, -0.1) is 0 Å². The van der Waals surface area contributed by atoms with Crippen molar-refractivity contribution in [2.45, 2.75) is 4.90 Å². The molecule has 0 fully saturated rings. The van der Waals surface area contributed by atoms with Crippen molar-refractivity contribution in [2.75, 3.05) is 46.3 Å². The summed E-state index contributed by atoms with van der Waals surface area (Å²) in [5.74, 6) is 0.316. The minimum absolute atomic E-state index is 0.101. The Morgan fingerprint density at radius 3 is 2.55 bits per heavy atom. The van der Waals surface area contributed by atoms with Crippen LogP contribution >= 0.6 is 0 Å². The van der Waals surface area contributed by atoms with Gasteiger partial charge >= 0.3 is 0 Å². The number of ether oxygens (including phenoxy) is 3. The van der Waals surface area contributed by atoms with Gasteiger partial charge in [0.1, 0.15) is 12.4 Å². The van der Waals surface area contributed by atoms with Crippen molar-refractivity contribution in [3.63, 3.8) is 0 Å². The molecule has 1 rings (SSSR count). The second-order valence-corrected chi connectivity index (χ2v) is 5.75. The Hall–Kier alpha value is -1.35. The smallest absolute Gasteiger partial charge is 0.240 e. The number of methoxy groups -OCH3 is 1. The third-order valence-electron chi connectivity index (χ3n) is 2.48. The van der Waals surface area contributed by atoms with Crippen LogP contribution in [0.3, 0.4) is 0 Å². The minimum atomic E-state index is -3.51. The molecule has 0 amide bonds. The molecule has 0 aliphatic carbocycles. The average Bonchev–Trinajstić information content (AvgIpc) is 2.44. The zero-order chi connectivity index (χ0) is 15.0. The van der Waals surface area contributed by atoms with Gasteiger partial charge in [-0.3, -0.25) is 0 Å². The molecule has 0 aliphatic rings. The Morgan fingerprint density at radius 2 is 1.90 bits per heavy atom. The Bertz CT molecular complexity index is 519. The molecule has 0 spiro atoms. The van der Waals surface area contributed by atoms with E-state index in [2.05, 4.69) is 4.72 Å². The van der Waals surface area contributed by atoms with Gasteiger partial charge in [0.25, 0.3) is 0 Å². The third kappa shape index (κ3) is 4.97. The molecule has 3 N–H and O–H groups in total. The van der Waals surface area contributed by atoms with E-state index in [-0.39, 0.29) is 11.5 Å². The van der Waals surface area contributed by atoms with Gasteiger partial charge in [-0.1, -0.05) is 0 Å². The highest BCUT2D eigenvalue weighted by Crippen LogP contribution is 2.24. The number of hydrogen-bond donors (Lipinski definition) is 2. The highest BCUT2D eigenvalue weighted by molar-refractivity contribution is 7.89. The summed E-state index contributed by atoms with van der Waals surface area (Å²) in [6, 6.07) is 4.30. The van der Waals surface area contributed by atoms with Gasteiger partial charge < -0.3 is 19.9 Å². The standard InChI is InChI=1S/C12H20N2O5S/c1-14-20(15,16)10-3-4-11(13)12(9-10)19-8-7-18-6-5-17-2/h3-4,9,14H,5-8,13H2,1-2H3. The van der Waals surface area contributed by atoms with E-state index in [4.69, 9.17) is 19.9 Å². The fraction of sp³-hybridized carbons (Fsp3) is 0.500. The summed E-state index contributed by atoms with van der Waals surface area (Å²) < 4.78 is 41.0. The van der Waals surface area contributed by atoms with E-state index in [0.29, 0.717) is 31.3 Å². The molecule has 114 valence electrons. The first-order chi connectivity index (χ1) is 9.51. The summed E-state index contributed by atoms with van der Waals surface area (Å²) in [5, 5.41) is 0. The molecular formula is C12H20N2O5S. The van der Waals surface area contributed by atoms with E-state index in [1.807, 2.05) is 0 Å². The Balaban J connectivity index is 2.59. The van der Waals surface area contributed by atoms with Gasteiger partial charge in [0.05, 0.1) is 30.4 Å². The van der Waals surface area contributed by atoms with E-state index < -0.39 is 10.0 Å². The monoisotopic (exact) mass is 304 g/mol. The molecule has 8 heteroatoms. The number of anilines is 1. The predicted molar refractivity (Wildman–Crippen MR) is 75.3 cm³/mol. The van der Waals surface area contributed by atoms with Crippen LogP contribution in [0.5, 0.6) is 5.75 Å². The van der Waals surface area contributed by atoms with Crippen molar-refractivity contribution < 1.29 is 22.6 Å². The fourth-order valence-electron chi connectivity index (χ4n) is 1.38. The van der Waals surface area contributed by atoms with E-state index in [9.17, 15) is 8.42 Å². The maximum absolute atomic E-state index is 11.7. The van der Waals surface area contributed by atoms with Crippen LogP contribution in [-0.2, 0) is 19.5 Å². The van der Waals surface area contributed by atoms with Gasteiger partial charge in [-0.25, -0.2) is 13.1 Å². The number of nitrogen functional groups attached to an aromatic ring is 1. The van der Waals surface area contributed by atoms with Crippen molar-refractivity contribution in [3.8, 4) is 5.75 Å². The van der Waals surface area contributed by atoms with E-state index >= 15 is 0 Å². The number of nitrogens with one attached hydrogen (secondary N) is 1. The normalized spacial score (nSPS) is 11.5. The van der Waals surface area contributed by atoms with Crippen molar-refractivity contribution in [3.05, 3.63) is 18.2 Å². The van der Waals surface area contributed by atoms with Gasteiger partial charge in [0, 0.05) is 13.2 Å². The van der Waals surface area contributed by atoms with E-state index in [1.54, 1.807) is 7.11 Å². The lowest BCUT2D eigenvalue weighted by molar-refractivity contribution is 0.0545. The molecule has 0 saturated heterocycles. The number of nitrogens with two attached hydrogens (primary N) is 1. The Labute approximate surface area is 119 Å². The van der Waals surface area contributed by atoms with Crippen LogP contribution < -0.4 is 15.2 Å². The molecule has 0 saturated carbocycles. The zero-order valence-electron chi connectivity index (χ0n) is 11.6. The minimum Gasteiger partial charge on any atom is -0.489 e. The van der Waals surface area contributed by atoms with Crippen LogP contribution in [0.25, 0.3) is 0 Å². The maximum Gasteiger partial charge on any atom is 0.240 e. The lowest BCUT2D eigenvalue weighted by Crippen LogP contribution is -2.19.